The van der Waals surface area contributed by atoms with E-state index in [9.17, 15) is 4.79 Å². The lowest BCUT2D eigenvalue weighted by Gasteiger charge is -2.41. The highest BCUT2D eigenvalue weighted by molar-refractivity contribution is 5.81. The molecule has 0 bridgehead atoms. The lowest BCUT2D eigenvalue weighted by atomic mass is 9.82. The standard InChI is InChI=1S/C12H23NO3/c1-10(2,3)16-9(14)12(13)6-7-15-11(4,5)8-12/h6-8,13H2,1-5H3. The van der Waals surface area contributed by atoms with Gasteiger partial charge in [0.15, 0.2) is 0 Å². The Morgan fingerprint density at radius 2 is 1.94 bits per heavy atom. The molecule has 0 aromatic rings. The van der Waals surface area contributed by atoms with Crippen LogP contribution in [-0.4, -0.2) is 29.3 Å². The molecule has 0 aromatic heterocycles. The van der Waals surface area contributed by atoms with Gasteiger partial charge in [0, 0.05) is 13.0 Å². The van der Waals surface area contributed by atoms with Crippen molar-refractivity contribution in [2.75, 3.05) is 6.61 Å². The Balaban J connectivity index is 2.74. The Morgan fingerprint density at radius 1 is 1.38 bits per heavy atom. The molecule has 1 fully saturated rings. The minimum atomic E-state index is -0.908. The number of hydrogen-bond donors (Lipinski definition) is 1. The van der Waals surface area contributed by atoms with E-state index in [0.29, 0.717) is 19.4 Å². The van der Waals surface area contributed by atoms with Crippen LogP contribution in [0.4, 0.5) is 0 Å². The molecule has 1 rings (SSSR count). The SMILES string of the molecule is CC(C)(C)OC(=O)C1(N)CCOC(C)(C)C1. The normalized spacial score (nSPS) is 29.9. The van der Waals surface area contributed by atoms with Crippen molar-refractivity contribution in [3.05, 3.63) is 0 Å². The van der Waals surface area contributed by atoms with Crippen LogP contribution in [0.5, 0.6) is 0 Å². The number of hydrogen-bond acceptors (Lipinski definition) is 4. The molecule has 0 radical (unpaired) electrons. The predicted molar refractivity (Wildman–Crippen MR) is 62.0 cm³/mol. The van der Waals surface area contributed by atoms with E-state index in [1.807, 2.05) is 34.6 Å². The Hall–Kier alpha value is -0.610. The van der Waals surface area contributed by atoms with Gasteiger partial charge in [0.25, 0.3) is 0 Å². The van der Waals surface area contributed by atoms with Crippen molar-refractivity contribution in [1.29, 1.82) is 0 Å². The lowest BCUT2D eigenvalue weighted by molar-refractivity contribution is -0.172. The minimum absolute atomic E-state index is 0.323. The van der Waals surface area contributed by atoms with Crippen molar-refractivity contribution in [2.24, 2.45) is 5.73 Å². The van der Waals surface area contributed by atoms with Crippen LogP contribution in [0.15, 0.2) is 0 Å². The molecule has 1 aliphatic heterocycles. The first-order valence-corrected chi connectivity index (χ1v) is 5.70. The van der Waals surface area contributed by atoms with E-state index in [1.54, 1.807) is 0 Å². The average molecular weight is 229 g/mol. The maximum atomic E-state index is 12.0. The zero-order chi connectivity index (χ0) is 12.6. The fraction of sp³-hybridized carbons (Fsp3) is 0.917. The molecular formula is C12H23NO3. The van der Waals surface area contributed by atoms with E-state index < -0.39 is 11.1 Å². The van der Waals surface area contributed by atoms with E-state index in [-0.39, 0.29) is 11.6 Å². The highest BCUT2D eigenvalue weighted by Crippen LogP contribution is 2.32. The molecule has 4 heteroatoms. The van der Waals surface area contributed by atoms with Crippen LogP contribution in [0, 0.1) is 0 Å². The number of ether oxygens (including phenoxy) is 2. The third-order valence-corrected chi connectivity index (χ3v) is 2.59. The van der Waals surface area contributed by atoms with Gasteiger partial charge in [-0.2, -0.15) is 0 Å². The second-order valence-electron chi connectivity index (χ2n) is 6.19. The van der Waals surface area contributed by atoms with E-state index in [2.05, 4.69) is 0 Å². The number of carbonyl (C=O) groups is 1. The highest BCUT2D eigenvalue weighted by Gasteiger charge is 2.45. The van der Waals surface area contributed by atoms with E-state index in [0.717, 1.165) is 0 Å². The topological polar surface area (TPSA) is 61.5 Å². The van der Waals surface area contributed by atoms with Crippen molar-refractivity contribution in [2.45, 2.75) is 64.2 Å². The summed E-state index contributed by atoms with van der Waals surface area (Å²) in [6, 6.07) is 0. The van der Waals surface area contributed by atoms with Crippen molar-refractivity contribution < 1.29 is 14.3 Å². The second-order valence-corrected chi connectivity index (χ2v) is 6.19. The molecule has 0 spiro atoms. The molecule has 2 N–H and O–H groups in total. The van der Waals surface area contributed by atoms with Crippen molar-refractivity contribution in [3.8, 4) is 0 Å². The number of esters is 1. The van der Waals surface area contributed by atoms with Crippen molar-refractivity contribution >= 4 is 5.97 Å². The first-order valence-electron chi connectivity index (χ1n) is 5.70. The van der Waals surface area contributed by atoms with Gasteiger partial charge in [0.05, 0.1) is 5.60 Å². The van der Waals surface area contributed by atoms with Crippen LogP contribution in [0.3, 0.4) is 0 Å². The van der Waals surface area contributed by atoms with E-state index in [1.165, 1.54) is 0 Å². The van der Waals surface area contributed by atoms with Gasteiger partial charge < -0.3 is 15.2 Å². The van der Waals surface area contributed by atoms with Crippen LogP contribution in [-0.2, 0) is 14.3 Å². The summed E-state index contributed by atoms with van der Waals surface area (Å²) in [6.45, 7) is 9.93. The summed E-state index contributed by atoms with van der Waals surface area (Å²) in [4.78, 5) is 12.0. The van der Waals surface area contributed by atoms with Gasteiger partial charge in [-0.3, -0.25) is 4.79 Å². The molecule has 1 saturated heterocycles. The molecule has 16 heavy (non-hydrogen) atoms. The van der Waals surface area contributed by atoms with Gasteiger partial charge in [-0.05, 0) is 41.0 Å². The molecule has 0 aliphatic carbocycles. The monoisotopic (exact) mass is 229 g/mol. The second kappa shape index (κ2) is 4.00. The largest absolute Gasteiger partial charge is 0.459 e. The highest BCUT2D eigenvalue weighted by atomic mass is 16.6. The fourth-order valence-corrected chi connectivity index (χ4v) is 1.96. The predicted octanol–water partition coefficient (Wildman–Crippen LogP) is 1.61. The lowest BCUT2D eigenvalue weighted by Crippen LogP contribution is -2.58. The summed E-state index contributed by atoms with van der Waals surface area (Å²) in [5.41, 5.74) is 4.37. The molecule has 1 unspecified atom stereocenters. The zero-order valence-electron chi connectivity index (χ0n) is 10.9. The Morgan fingerprint density at radius 3 is 2.38 bits per heavy atom. The number of carbonyl (C=O) groups excluding carboxylic acids is 1. The van der Waals surface area contributed by atoms with Crippen LogP contribution < -0.4 is 5.73 Å². The first-order chi connectivity index (χ1) is 7.04. The molecule has 1 aliphatic rings. The summed E-state index contributed by atoms with van der Waals surface area (Å²) in [5.74, 6) is -0.323. The van der Waals surface area contributed by atoms with Crippen LogP contribution >= 0.6 is 0 Å². The fourth-order valence-electron chi connectivity index (χ4n) is 1.96. The third kappa shape index (κ3) is 3.46. The molecule has 1 atom stereocenters. The molecule has 0 saturated carbocycles. The molecular weight excluding hydrogens is 206 g/mol. The summed E-state index contributed by atoms with van der Waals surface area (Å²) < 4.78 is 10.9. The molecule has 0 amide bonds. The quantitative estimate of drug-likeness (QED) is 0.694. The van der Waals surface area contributed by atoms with Gasteiger partial charge in [0.1, 0.15) is 11.1 Å². The van der Waals surface area contributed by atoms with Gasteiger partial charge >= 0.3 is 5.97 Å². The van der Waals surface area contributed by atoms with E-state index >= 15 is 0 Å². The molecule has 94 valence electrons. The van der Waals surface area contributed by atoms with Gasteiger partial charge in [-0.25, -0.2) is 0 Å². The molecule has 0 aromatic carbocycles. The number of nitrogens with two attached hydrogens (primary N) is 1. The summed E-state index contributed by atoms with van der Waals surface area (Å²) in [6.07, 6.45) is 1.01. The summed E-state index contributed by atoms with van der Waals surface area (Å²) in [5, 5.41) is 0. The smallest absolute Gasteiger partial charge is 0.326 e. The maximum Gasteiger partial charge on any atom is 0.326 e. The van der Waals surface area contributed by atoms with Crippen LogP contribution in [0.1, 0.15) is 47.5 Å². The van der Waals surface area contributed by atoms with Gasteiger partial charge in [-0.1, -0.05) is 0 Å². The van der Waals surface area contributed by atoms with Crippen LogP contribution in [0.2, 0.25) is 0 Å². The van der Waals surface area contributed by atoms with Crippen LogP contribution in [0.25, 0.3) is 0 Å². The Labute approximate surface area is 97.5 Å². The van der Waals surface area contributed by atoms with Crippen molar-refractivity contribution in [3.63, 3.8) is 0 Å². The van der Waals surface area contributed by atoms with Gasteiger partial charge in [0.2, 0.25) is 0 Å². The zero-order valence-corrected chi connectivity index (χ0v) is 10.9. The minimum Gasteiger partial charge on any atom is -0.459 e. The summed E-state index contributed by atoms with van der Waals surface area (Å²) in [7, 11) is 0. The number of rotatable bonds is 1. The first kappa shape index (κ1) is 13.5. The Bertz CT molecular complexity index is 280. The molecule has 4 nitrogen and oxygen atoms in total. The molecule has 1 heterocycles. The van der Waals surface area contributed by atoms with Crippen molar-refractivity contribution in [1.82, 2.24) is 0 Å². The average Bonchev–Trinajstić information content (AvgIpc) is 1.97. The Kier molecular flexibility index (Phi) is 3.37. The maximum absolute atomic E-state index is 12.0. The van der Waals surface area contributed by atoms with Gasteiger partial charge in [-0.15, -0.1) is 0 Å². The van der Waals surface area contributed by atoms with E-state index in [4.69, 9.17) is 15.2 Å². The summed E-state index contributed by atoms with van der Waals surface area (Å²) >= 11 is 0. The third-order valence-electron chi connectivity index (χ3n) is 2.59.